The Hall–Kier alpha value is -1.49. The second kappa shape index (κ2) is 5.72. The highest BCUT2D eigenvalue weighted by molar-refractivity contribution is 5.83. The van der Waals surface area contributed by atoms with Crippen LogP contribution in [0.15, 0.2) is 36.5 Å². The van der Waals surface area contributed by atoms with E-state index in [0.29, 0.717) is 13.0 Å². The lowest BCUT2D eigenvalue weighted by atomic mass is 9.66. The number of amides is 1. The van der Waals surface area contributed by atoms with Crippen molar-refractivity contribution < 1.29 is 18.4 Å². The molecule has 0 N–H and O–H groups in total. The predicted molar refractivity (Wildman–Crippen MR) is 76.6 cm³/mol. The van der Waals surface area contributed by atoms with E-state index in [2.05, 4.69) is 6.58 Å². The van der Waals surface area contributed by atoms with Crippen LogP contribution in [-0.2, 0) is 9.63 Å². The van der Waals surface area contributed by atoms with Gasteiger partial charge in [0.25, 0.3) is 5.91 Å². The van der Waals surface area contributed by atoms with E-state index < -0.39 is 24.2 Å². The first kappa shape index (κ1) is 15.9. The lowest BCUT2D eigenvalue weighted by Crippen LogP contribution is -2.55. The first-order valence-electron chi connectivity index (χ1n) is 7.12. The number of alkyl halides is 2. The monoisotopic (exact) mass is 297 g/mol. The van der Waals surface area contributed by atoms with Crippen molar-refractivity contribution in [2.24, 2.45) is 5.41 Å². The van der Waals surface area contributed by atoms with Crippen LogP contribution in [0.4, 0.5) is 8.78 Å². The van der Waals surface area contributed by atoms with Gasteiger partial charge in [-0.3, -0.25) is 9.63 Å². The van der Waals surface area contributed by atoms with Crippen molar-refractivity contribution in [2.75, 3.05) is 6.61 Å². The van der Waals surface area contributed by atoms with Crippen molar-refractivity contribution >= 4 is 5.91 Å². The molecule has 1 heterocycles. The fourth-order valence-electron chi connectivity index (χ4n) is 2.91. The van der Waals surface area contributed by atoms with Gasteiger partial charge >= 0.3 is 0 Å². The molecule has 1 saturated heterocycles. The smallest absolute Gasteiger partial charge is 0.253 e. The van der Waals surface area contributed by atoms with E-state index in [4.69, 9.17) is 4.84 Å². The number of rotatable bonds is 4. The Labute approximate surface area is 123 Å². The van der Waals surface area contributed by atoms with Crippen molar-refractivity contribution in [3.05, 3.63) is 36.5 Å². The van der Waals surface area contributed by atoms with Crippen molar-refractivity contribution in [3.8, 4) is 0 Å². The Balaban J connectivity index is 2.05. The number of halogens is 2. The van der Waals surface area contributed by atoms with Crippen LogP contribution in [0.2, 0.25) is 0 Å². The maximum Gasteiger partial charge on any atom is 0.253 e. The maximum absolute atomic E-state index is 13.1. The van der Waals surface area contributed by atoms with Crippen LogP contribution in [0.5, 0.6) is 0 Å². The zero-order valence-electron chi connectivity index (χ0n) is 12.4. The number of hydrogen-bond acceptors (Lipinski definition) is 2. The van der Waals surface area contributed by atoms with Gasteiger partial charge in [0.05, 0.1) is 18.1 Å². The molecule has 1 saturated carbocycles. The van der Waals surface area contributed by atoms with Gasteiger partial charge in [-0.1, -0.05) is 37.8 Å². The third-order valence-electron chi connectivity index (χ3n) is 3.96. The molecule has 5 heteroatoms. The van der Waals surface area contributed by atoms with Gasteiger partial charge in [0.1, 0.15) is 0 Å². The molecule has 1 atom stereocenters. The third-order valence-corrected chi connectivity index (χ3v) is 3.96. The van der Waals surface area contributed by atoms with Gasteiger partial charge in [-0.25, -0.2) is 13.8 Å². The number of allylic oxidation sites excluding steroid dienone is 3. The summed E-state index contributed by atoms with van der Waals surface area (Å²) < 4.78 is 26.2. The topological polar surface area (TPSA) is 29.5 Å². The summed E-state index contributed by atoms with van der Waals surface area (Å²) in [5, 5.41) is 1.25. The number of carbonyl (C=O) groups excluding carboxylic acids is 1. The largest absolute Gasteiger partial charge is 0.272 e. The van der Waals surface area contributed by atoms with Gasteiger partial charge in [-0.05, 0) is 12.5 Å². The molecule has 116 valence electrons. The summed E-state index contributed by atoms with van der Waals surface area (Å²) in [6.07, 6.45) is 7.21. The van der Waals surface area contributed by atoms with Crippen LogP contribution in [-0.4, -0.2) is 29.5 Å². The summed E-state index contributed by atoms with van der Waals surface area (Å²) in [6.45, 7) is 7.83. The average molecular weight is 297 g/mol. The van der Waals surface area contributed by atoms with Gasteiger partial charge in [-0.2, -0.15) is 0 Å². The summed E-state index contributed by atoms with van der Waals surface area (Å²) in [6, 6.07) is -0.273. The highest BCUT2D eigenvalue weighted by Gasteiger charge is 2.60. The van der Waals surface area contributed by atoms with Crippen LogP contribution in [0.1, 0.15) is 33.1 Å². The maximum atomic E-state index is 13.1. The van der Waals surface area contributed by atoms with Crippen LogP contribution in [0, 0.1) is 5.41 Å². The lowest BCUT2D eigenvalue weighted by Gasteiger charge is -2.45. The summed E-state index contributed by atoms with van der Waals surface area (Å²) in [5.41, 5.74) is -0.284. The van der Waals surface area contributed by atoms with Crippen LogP contribution in [0.3, 0.4) is 0 Å². The minimum Gasteiger partial charge on any atom is -0.272 e. The van der Waals surface area contributed by atoms with E-state index in [1.807, 2.05) is 31.2 Å². The molecule has 1 amide bonds. The molecule has 2 aliphatic rings. The molecule has 2 fully saturated rings. The molecule has 2 rings (SSSR count). The predicted octanol–water partition coefficient (Wildman–Crippen LogP) is 3.64. The molecule has 3 nitrogen and oxygen atoms in total. The second-order valence-electron chi connectivity index (χ2n) is 6.00. The van der Waals surface area contributed by atoms with Crippen molar-refractivity contribution in [1.82, 2.24) is 5.06 Å². The third kappa shape index (κ3) is 3.23. The standard InChI is InChI=1S/C16H21F2NO2/c1-4-5-6-7-12(2)13-8-9-21-19(13)14(20)15(3)10-16(17,18)11-15/h4-7,13H,2,8-11H2,1,3H3/b5-4-,7-6-/t13-/m0/s1. The summed E-state index contributed by atoms with van der Waals surface area (Å²) in [5.74, 6) is -3.10. The van der Waals surface area contributed by atoms with Gasteiger partial charge in [0.2, 0.25) is 5.92 Å². The molecule has 1 aliphatic heterocycles. The number of carbonyl (C=O) groups is 1. The van der Waals surface area contributed by atoms with E-state index in [1.165, 1.54) is 5.06 Å². The Bertz CT molecular complexity index is 489. The minimum absolute atomic E-state index is 0.273. The summed E-state index contributed by atoms with van der Waals surface area (Å²) >= 11 is 0. The number of hydroxylamine groups is 2. The second-order valence-corrected chi connectivity index (χ2v) is 6.00. The molecule has 1 aliphatic carbocycles. The fourth-order valence-corrected chi connectivity index (χ4v) is 2.91. The SMILES string of the molecule is C=C(/C=C\C=C/C)[C@@H]1CCON1C(=O)C1(C)CC(F)(F)C1. The van der Waals surface area contributed by atoms with Gasteiger partial charge in [0, 0.05) is 19.3 Å². The highest BCUT2D eigenvalue weighted by atomic mass is 19.3. The van der Waals surface area contributed by atoms with Gasteiger partial charge in [0.15, 0.2) is 0 Å². The highest BCUT2D eigenvalue weighted by Crippen LogP contribution is 2.53. The average Bonchev–Trinajstić information content (AvgIpc) is 2.84. The number of hydrogen-bond donors (Lipinski definition) is 0. The zero-order valence-corrected chi connectivity index (χ0v) is 12.4. The van der Waals surface area contributed by atoms with Crippen LogP contribution in [0.25, 0.3) is 0 Å². The first-order valence-corrected chi connectivity index (χ1v) is 7.12. The lowest BCUT2D eigenvalue weighted by molar-refractivity contribution is -0.213. The molecular weight excluding hydrogens is 276 g/mol. The van der Waals surface area contributed by atoms with Crippen molar-refractivity contribution in [2.45, 2.75) is 45.1 Å². The zero-order chi connectivity index (χ0) is 15.7. The molecule has 0 aromatic heterocycles. The molecule has 0 aromatic rings. The Morgan fingerprint density at radius 3 is 2.62 bits per heavy atom. The molecule has 0 radical (unpaired) electrons. The molecule has 0 unspecified atom stereocenters. The van der Waals surface area contributed by atoms with E-state index >= 15 is 0 Å². The quantitative estimate of drug-likeness (QED) is 0.741. The van der Waals surface area contributed by atoms with E-state index in [9.17, 15) is 13.6 Å². The Morgan fingerprint density at radius 2 is 2.05 bits per heavy atom. The summed E-state index contributed by atoms with van der Waals surface area (Å²) in [4.78, 5) is 17.8. The normalized spacial score (nSPS) is 27.2. The minimum atomic E-state index is -2.73. The van der Waals surface area contributed by atoms with E-state index in [-0.39, 0.29) is 11.9 Å². The van der Waals surface area contributed by atoms with E-state index in [1.54, 1.807) is 6.92 Å². The van der Waals surface area contributed by atoms with E-state index in [0.717, 1.165) is 5.57 Å². The van der Waals surface area contributed by atoms with Crippen molar-refractivity contribution in [1.29, 1.82) is 0 Å². The Morgan fingerprint density at radius 1 is 1.38 bits per heavy atom. The van der Waals surface area contributed by atoms with Crippen LogP contribution < -0.4 is 0 Å². The molecule has 0 aromatic carbocycles. The fraction of sp³-hybridized carbons (Fsp3) is 0.562. The van der Waals surface area contributed by atoms with Gasteiger partial charge in [-0.15, -0.1) is 0 Å². The molecule has 0 bridgehead atoms. The van der Waals surface area contributed by atoms with Crippen LogP contribution >= 0.6 is 0 Å². The Kier molecular flexibility index (Phi) is 4.33. The summed E-state index contributed by atoms with van der Waals surface area (Å²) in [7, 11) is 0. The molecule has 0 spiro atoms. The number of nitrogens with zero attached hydrogens (tertiary/aromatic N) is 1. The van der Waals surface area contributed by atoms with Gasteiger partial charge < -0.3 is 0 Å². The molecule has 21 heavy (non-hydrogen) atoms. The first-order chi connectivity index (χ1) is 9.79. The van der Waals surface area contributed by atoms with Crippen molar-refractivity contribution in [3.63, 3.8) is 0 Å². The molecular formula is C16H21F2NO2.